The molecule has 0 saturated heterocycles. The van der Waals surface area contributed by atoms with Gasteiger partial charge in [0.05, 0.1) is 15.6 Å². The third-order valence-corrected chi connectivity index (χ3v) is 5.30. The largest absolute Gasteiger partial charge is 0.322 e. The Hall–Kier alpha value is -2.90. The van der Waals surface area contributed by atoms with Crippen LogP contribution in [0.4, 0.5) is 15.8 Å². The van der Waals surface area contributed by atoms with E-state index in [0.29, 0.717) is 0 Å². The predicted octanol–water partition coefficient (Wildman–Crippen LogP) is 4.53. The highest BCUT2D eigenvalue weighted by atomic mass is 35.5. The molecule has 0 saturated carbocycles. The first-order valence-corrected chi connectivity index (χ1v) is 9.65. The summed E-state index contributed by atoms with van der Waals surface area (Å²) in [6.45, 7) is 0. The summed E-state index contributed by atoms with van der Waals surface area (Å²) in [4.78, 5) is 12.1. The minimum Gasteiger partial charge on any atom is -0.322 e. The van der Waals surface area contributed by atoms with Crippen molar-refractivity contribution >= 4 is 38.9 Å². The summed E-state index contributed by atoms with van der Waals surface area (Å²) in [6, 6.07) is 17.3. The zero-order valence-corrected chi connectivity index (χ0v) is 15.4. The summed E-state index contributed by atoms with van der Waals surface area (Å²) >= 11 is 5.98. The van der Waals surface area contributed by atoms with Crippen molar-refractivity contribution in [1.29, 1.82) is 0 Å². The van der Waals surface area contributed by atoms with Crippen molar-refractivity contribution in [1.82, 2.24) is 0 Å². The maximum absolute atomic E-state index is 13.2. The van der Waals surface area contributed by atoms with Gasteiger partial charge in [0.15, 0.2) is 0 Å². The monoisotopic (exact) mass is 404 g/mol. The summed E-state index contributed by atoms with van der Waals surface area (Å²) in [5.74, 6) is -1.09. The standard InChI is InChI=1S/C19H14ClFN2O3S/c20-17-9-1-2-10-18(17)23-27(25,26)16-8-4-7-15(12-16)22-19(24)13-5-3-6-14(21)11-13/h1-12,23H,(H,22,24). The molecule has 5 nitrogen and oxygen atoms in total. The first-order chi connectivity index (χ1) is 12.8. The third-order valence-electron chi connectivity index (χ3n) is 3.61. The molecule has 27 heavy (non-hydrogen) atoms. The number of sulfonamides is 1. The van der Waals surface area contributed by atoms with E-state index in [2.05, 4.69) is 10.0 Å². The van der Waals surface area contributed by atoms with Crippen molar-refractivity contribution in [3.05, 3.63) is 89.2 Å². The molecule has 2 N–H and O–H groups in total. The second kappa shape index (κ2) is 7.77. The molecular weight excluding hydrogens is 391 g/mol. The van der Waals surface area contributed by atoms with Gasteiger partial charge in [-0.05, 0) is 48.5 Å². The van der Waals surface area contributed by atoms with Gasteiger partial charge >= 0.3 is 0 Å². The highest BCUT2D eigenvalue weighted by molar-refractivity contribution is 7.92. The number of carbonyl (C=O) groups excluding carboxylic acids is 1. The van der Waals surface area contributed by atoms with E-state index in [1.165, 1.54) is 48.5 Å². The fourth-order valence-corrected chi connectivity index (χ4v) is 3.69. The molecule has 0 aliphatic heterocycles. The Morgan fingerprint density at radius 2 is 1.67 bits per heavy atom. The van der Waals surface area contributed by atoms with E-state index in [1.54, 1.807) is 18.2 Å². The zero-order valence-electron chi connectivity index (χ0n) is 13.8. The molecule has 0 aliphatic carbocycles. The fraction of sp³-hybridized carbons (Fsp3) is 0. The van der Waals surface area contributed by atoms with Crippen LogP contribution < -0.4 is 10.0 Å². The van der Waals surface area contributed by atoms with Crippen molar-refractivity contribution in [2.24, 2.45) is 0 Å². The van der Waals surface area contributed by atoms with Crippen molar-refractivity contribution in [3.8, 4) is 0 Å². The average Bonchev–Trinajstić information content (AvgIpc) is 2.64. The molecular formula is C19H14ClFN2O3S. The number of para-hydroxylation sites is 1. The van der Waals surface area contributed by atoms with E-state index >= 15 is 0 Å². The molecule has 0 bridgehead atoms. The smallest absolute Gasteiger partial charge is 0.262 e. The normalized spacial score (nSPS) is 11.0. The second-order valence-electron chi connectivity index (χ2n) is 5.58. The van der Waals surface area contributed by atoms with Gasteiger partial charge in [-0.15, -0.1) is 0 Å². The minimum absolute atomic E-state index is 0.0561. The summed E-state index contributed by atoms with van der Waals surface area (Å²) < 4.78 is 40.8. The zero-order chi connectivity index (χ0) is 19.4. The van der Waals surface area contributed by atoms with E-state index in [-0.39, 0.29) is 26.9 Å². The van der Waals surface area contributed by atoms with Crippen molar-refractivity contribution in [2.75, 3.05) is 10.0 Å². The molecule has 3 aromatic rings. The van der Waals surface area contributed by atoms with Gasteiger partial charge in [0, 0.05) is 11.3 Å². The number of hydrogen-bond acceptors (Lipinski definition) is 3. The van der Waals surface area contributed by atoms with Gasteiger partial charge in [-0.3, -0.25) is 9.52 Å². The minimum atomic E-state index is -3.91. The molecule has 1 amide bonds. The van der Waals surface area contributed by atoms with Crippen LogP contribution in [0.25, 0.3) is 0 Å². The molecule has 0 heterocycles. The topological polar surface area (TPSA) is 75.3 Å². The van der Waals surface area contributed by atoms with E-state index in [0.717, 1.165) is 6.07 Å². The fourth-order valence-electron chi connectivity index (χ4n) is 2.32. The Labute approximate surface area is 160 Å². The van der Waals surface area contributed by atoms with Crippen LogP contribution in [-0.4, -0.2) is 14.3 Å². The van der Waals surface area contributed by atoms with E-state index in [9.17, 15) is 17.6 Å². The molecule has 0 fully saturated rings. The van der Waals surface area contributed by atoms with Crippen molar-refractivity contribution in [3.63, 3.8) is 0 Å². The summed E-state index contributed by atoms with van der Waals surface area (Å²) in [5.41, 5.74) is 0.622. The third kappa shape index (κ3) is 4.64. The average molecular weight is 405 g/mol. The lowest BCUT2D eigenvalue weighted by molar-refractivity contribution is 0.102. The SMILES string of the molecule is O=C(Nc1cccc(S(=O)(=O)Nc2ccccc2Cl)c1)c1cccc(F)c1. The molecule has 0 atom stereocenters. The van der Waals surface area contributed by atoms with E-state index in [4.69, 9.17) is 11.6 Å². The van der Waals surface area contributed by atoms with Gasteiger partial charge in [0.2, 0.25) is 0 Å². The molecule has 0 aromatic heterocycles. The van der Waals surface area contributed by atoms with Crippen LogP contribution in [0, 0.1) is 5.82 Å². The number of halogens is 2. The van der Waals surface area contributed by atoms with Gasteiger partial charge in [0.25, 0.3) is 15.9 Å². The Morgan fingerprint density at radius 3 is 2.41 bits per heavy atom. The molecule has 0 aliphatic rings. The van der Waals surface area contributed by atoms with Crippen LogP contribution in [0.1, 0.15) is 10.4 Å². The van der Waals surface area contributed by atoms with Crippen LogP contribution in [-0.2, 0) is 10.0 Å². The maximum Gasteiger partial charge on any atom is 0.262 e. The highest BCUT2D eigenvalue weighted by Crippen LogP contribution is 2.25. The summed E-state index contributed by atoms with van der Waals surface area (Å²) in [5, 5.41) is 2.81. The lowest BCUT2D eigenvalue weighted by Gasteiger charge is -2.11. The molecule has 0 spiro atoms. The quantitative estimate of drug-likeness (QED) is 0.655. The van der Waals surface area contributed by atoms with Gasteiger partial charge in [-0.1, -0.05) is 35.9 Å². The van der Waals surface area contributed by atoms with Crippen LogP contribution in [0.3, 0.4) is 0 Å². The van der Waals surface area contributed by atoms with E-state index in [1.807, 2.05) is 0 Å². The molecule has 3 rings (SSSR count). The van der Waals surface area contributed by atoms with Crippen molar-refractivity contribution < 1.29 is 17.6 Å². The Bertz CT molecular complexity index is 1100. The van der Waals surface area contributed by atoms with Crippen LogP contribution in [0.2, 0.25) is 5.02 Å². The van der Waals surface area contributed by atoms with E-state index < -0.39 is 21.7 Å². The molecule has 0 radical (unpaired) electrons. The Morgan fingerprint density at radius 1 is 0.926 bits per heavy atom. The predicted molar refractivity (Wildman–Crippen MR) is 103 cm³/mol. The number of rotatable bonds is 5. The number of carbonyl (C=O) groups is 1. The second-order valence-corrected chi connectivity index (χ2v) is 7.67. The van der Waals surface area contributed by atoms with Gasteiger partial charge in [0.1, 0.15) is 5.82 Å². The lowest BCUT2D eigenvalue weighted by Crippen LogP contribution is -2.15. The number of amides is 1. The first-order valence-electron chi connectivity index (χ1n) is 7.79. The lowest BCUT2D eigenvalue weighted by atomic mass is 10.2. The maximum atomic E-state index is 13.2. The number of anilines is 2. The number of hydrogen-bond donors (Lipinski definition) is 2. The van der Waals surface area contributed by atoms with Crippen LogP contribution in [0.5, 0.6) is 0 Å². The van der Waals surface area contributed by atoms with Gasteiger partial charge in [-0.25, -0.2) is 12.8 Å². The molecule has 3 aromatic carbocycles. The van der Waals surface area contributed by atoms with Gasteiger partial charge < -0.3 is 5.32 Å². The summed E-state index contributed by atoms with van der Waals surface area (Å²) in [6.07, 6.45) is 0. The van der Waals surface area contributed by atoms with Crippen molar-refractivity contribution in [2.45, 2.75) is 4.90 Å². The Balaban J connectivity index is 1.82. The molecule has 0 unspecified atom stereocenters. The Kier molecular flexibility index (Phi) is 5.43. The molecule has 138 valence electrons. The van der Waals surface area contributed by atoms with Gasteiger partial charge in [-0.2, -0.15) is 0 Å². The highest BCUT2D eigenvalue weighted by Gasteiger charge is 2.17. The number of nitrogens with one attached hydrogen (secondary N) is 2. The summed E-state index contributed by atoms with van der Waals surface area (Å²) in [7, 11) is -3.91. The van der Waals surface area contributed by atoms with Crippen LogP contribution in [0.15, 0.2) is 77.7 Å². The number of benzene rings is 3. The van der Waals surface area contributed by atoms with Crippen LogP contribution >= 0.6 is 11.6 Å². The first kappa shape index (κ1) is 18.9. The molecule has 8 heteroatoms.